The molecule has 1 amide bonds. The lowest BCUT2D eigenvalue weighted by Crippen LogP contribution is -2.30. The Morgan fingerprint density at radius 1 is 1.42 bits per heavy atom. The average Bonchev–Trinajstić information content (AvgIpc) is 2.68. The van der Waals surface area contributed by atoms with Gasteiger partial charge >= 0.3 is 0 Å². The summed E-state index contributed by atoms with van der Waals surface area (Å²) < 4.78 is 0. The van der Waals surface area contributed by atoms with Crippen LogP contribution in [0.3, 0.4) is 0 Å². The molecule has 0 spiro atoms. The number of hydrogen-bond donors (Lipinski definition) is 3. The molecule has 0 aromatic heterocycles. The highest BCUT2D eigenvalue weighted by atomic mass is 35.5. The fourth-order valence-electron chi connectivity index (χ4n) is 2.40. The van der Waals surface area contributed by atoms with Gasteiger partial charge in [0.05, 0.1) is 6.10 Å². The molecule has 2 rings (SSSR count). The van der Waals surface area contributed by atoms with E-state index < -0.39 is 6.10 Å². The molecular weight excluding hydrogens is 264 g/mol. The zero-order chi connectivity index (χ0) is 13.1. The number of aryl methyl sites for hydroxylation is 1. The maximum absolute atomic E-state index is 11.9. The SMILES string of the molecule is Cc1ccccc1CNC(=O)[C@H]1C[C@H](N)[C@@H](O)C1.Cl. The van der Waals surface area contributed by atoms with Gasteiger partial charge in [0.2, 0.25) is 5.91 Å². The highest BCUT2D eigenvalue weighted by molar-refractivity contribution is 5.85. The summed E-state index contributed by atoms with van der Waals surface area (Å²) in [6.45, 7) is 2.56. The maximum atomic E-state index is 11.9. The number of carbonyl (C=O) groups excluding carboxylic acids is 1. The van der Waals surface area contributed by atoms with E-state index in [0.717, 1.165) is 5.56 Å². The van der Waals surface area contributed by atoms with Crippen molar-refractivity contribution in [3.63, 3.8) is 0 Å². The molecule has 4 N–H and O–H groups in total. The van der Waals surface area contributed by atoms with Crippen LogP contribution in [-0.4, -0.2) is 23.2 Å². The Morgan fingerprint density at radius 2 is 2.11 bits per heavy atom. The van der Waals surface area contributed by atoms with E-state index in [9.17, 15) is 9.90 Å². The van der Waals surface area contributed by atoms with Crippen LogP contribution in [0.5, 0.6) is 0 Å². The summed E-state index contributed by atoms with van der Waals surface area (Å²) in [5.74, 6) is -0.163. The van der Waals surface area contributed by atoms with E-state index in [0.29, 0.717) is 19.4 Å². The summed E-state index contributed by atoms with van der Waals surface area (Å²) in [7, 11) is 0. The molecule has 0 saturated heterocycles. The van der Waals surface area contributed by atoms with E-state index in [1.807, 2.05) is 31.2 Å². The Morgan fingerprint density at radius 3 is 2.68 bits per heavy atom. The van der Waals surface area contributed by atoms with Gasteiger partial charge in [-0.1, -0.05) is 24.3 Å². The van der Waals surface area contributed by atoms with Crippen LogP contribution in [0.4, 0.5) is 0 Å². The molecule has 1 aromatic carbocycles. The average molecular weight is 285 g/mol. The third kappa shape index (κ3) is 3.93. The molecule has 0 radical (unpaired) electrons. The minimum atomic E-state index is -0.542. The van der Waals surface area contributed by atoms with Gasteiger partial charge in [-0.25, -0.2) is 0 Å². The van der Waals surface area contributed by atoms with Crippen LogP contribution in [0.15, 0.2) is 24.3 Å². The maximum Gasteiger partial charge on any atom is 0.223 e. The van der Waals surface area contributed by atoms with Gasteiger partial charge in [-0.3, -0.25) is 4.79 Å². The molecule has 3 atom stereocenters. The van der Waals surface area contributed by atoms with Crippen molar-refractivity contribution in [3.05, 3.63) is 35.4 Å². The van der Waals surface area contributed by atoms with Crippen molar-refractivity contribution in [3.8, 4) is 0 Å². The highest BCUT2D eigenvalue weighted by Gasteiger charge is 2.34. The molecule has 4 nitrogen and oxygen atoms in total. The van der Waals surface area contributed by atoms with Crippen LogP contribution in [0.25, 0.3) is 0 Å². The molecule has 1 aromatic rings. The minimum Gasteiger partial charge on any atom is -0.391 e. The predicted molar refractivity (Wildman–Crippen MR) is 77.0 cm³/mol. The lowest BCUT2D eigenvalue weighted by atomic mass is 10.1. The Bertz CT molecular complexity index is 429. The van der Waals surface area contributed by atoms with Gasteiger partial charge in [0, 0.05) is 18.5 Å². The number of nitrogens with one attached hydrogen (secondary N) is 1. The van der Waals surface area contributed by atoms with Gasteiger partial charge in [0.25, 0.3) is 0 Å². The first-order chi connectivity index (χ1) is 8.58. The number of benzene rings is 1. The fourth-order valence-corrected chi connectivity index (χ4v) is 2.40. The van der Waals surface area contributed by atoms with Gasteiger partial charge in [0.1, 0.15) is 0 Å². The van der Waals surface area contributed by atoms with E-state index in [-0.39, 0.29) is 30.3 Å². The molecule has 19 heavy (non-hydrogen) atoms. The molecule has 0 unspecified atom stereocenters. The monoisotopic (exact) mass is 284 g/mol. The summed E-state index contributed by atoms with van der Waals surface area (Å²) in [5.41, 5.74) is 7.99. The van der Waals surface area contributed by atoms with Crippen LogP contribution >= 0.6 is 12.4 Å². The van der Waals surface area contributed by atoms with Gasteiger partial charge in [0.15, 0.2) is 0 Å². The number of hydrogen-bond acceptors (Lipinski definition) is 3. The second-order valence-electron chi connectivity index (χ2n) is 5.04. The van der Waals surface area contributed by atoms with Gasteiger partial charge < -0.3 is 16.2 Å². The lowest BCUT2D eigenvalue weighted by Gasteiger charge is -2.11. The number of amides is 1. The topological polar surface area (TPSA) is 75.4 Å². The van der Waals surface area contributed by atoms with Gasteiger partial charge in [-0.15, -0.1) is 12.4 Å². The first-order valence-electron chi connectivity index (χ1n) is 6.34. The normalized spacial score (nSPS) is 25.7. The molecule has 0 bridgehead atoms. The lowest BCUT2D eigenvalue weighted by molar-refractivity contribution is -0.125. The smallest absolute Gasteiger partial charge is 0.223 e. The van der Waals surface area contributed by atoms with Crippen molar-refractivity contribution in [2.75, 3.05) is 0 Å². The van der Waals surface area contributed by atoms with Gasteiger partial charge in [-0.05, 0) is 30.9 Å². The van der Waals surface area contributed by atoms with Crippen molar-refractivity contribution in [2.24, 2.45) is 11.7 Å². The number of aliphatic hydroxyl groups excluding tert-OH is 1. The summed E-state index contributed by atoms with van der Waals surface area (Å²) in [6.07, 6.45) is 0.501. The fraction of sp³-hybridized carbons (Fsp3) is 0.500. The first-order valence-corrected chi connectivity index (χ1v) is 6.34. The number of halogens is 1. The Labute approximate surface area is 119 Å². The van der Waals surface area contributed by atoms with Crippen LogP contribution in [0, 0.1) is 12.8 Å². The minimum absolute atomic E-state index is 0. The van der Waals surface area contributed by atoms with Crippen molar-refractivity contribution < 1.29 is 9.90 Å². The van der Waals surface area contributed by atoms with E-state index in [4.69, 9.17) is 5.73 Å². The molecule has 1 saturated carbocycles. The zero-order valence-electron chi connectivity index (χ0n) is 11.0. The summed E-state index contributed by atoms with van der Waals surface area (Å²) >= 11 is 0. The standard InChI is InChI=1S/C14H20N2O2.ClH/c1-9-4-2-3-5-10(9)8-16-14(18)11-6-12(15)13(17)7-11;/h2-5,11-13,17H,6-8,15H2,1H3,(H,16,18);1H/t11-,12-,13-;/m0./s1. The van der Waals surface area contributed by atoms with E-state index in [1.165, 1.54) is 5.56 Å². The predicted octanol–water partition coefficient (Wildman–Crippen LogP) is 1.13. The number of carbonyl (C=O) groups is 1. The summed E-state index contributed by atoms with van der Waals surface area (Å²) in [5, 5.41) is 12.5. The van der Waals surface area contributed by atoms with Crippen LogP contribution < -0.4 is 11.1 Å². The number of aliphatic hydroxyl groups is 1. The van der Waals surface area contributed by atoms with Crippen molar-refractivity contribution in [1.29, 1.82) is 0 Å². The number of nitrogens with two attached hydrogens (primary N) is 1. The van der Waals surface area contributed by atoms with Crippen LogP contribution in [0.1, 0.15) is 24.0 Å². The second-order valence-corrected chi connectivity index (χ2v) is 5.04. The second kappa shape index (κ2) is 6.89. The third-order valence-electron chi connectivity index (χ3n) is 3.66. The molecule has 0 heterocycles. The summed E-state index contributed by atoms with van der Waals surface area (Å²) in [6, 6.07) is 7.71. The van der Waals surface area contributed by atoms with E-state index in [1.54, 1.807) is 0 Å². The number of rotatable bonds is 3. The molecular formula is C14H21ClN2O2. The van der Waals surface area contributed by atoms with Crippen LogP contribution in [0.2, 0.25) is 0 Å². The van der Waals surface area contributed by atoms with Gasteiger partial charge in [-0.2, -0.15) is 0 Å². The molecule has 1 fully saturated rings. The molecule has 106 valence electrons. The van der Waals surface area contributed by atoms with Crippen LogP contribution in [-0.2, 0) is 11.3 Å². The zero-order valence-corrected chi connectivity index (χ0v) is 11.8. The Balaban J connectivity index is 0.00000180. The largest absolute Gasteiger partial charge is 0.391 e. The van der Waals surface area contributed by atoms with Crippen molar-refractivity contribution in [2.45, 2.75) is 38.5 Å². The Kier molecular flexibility index (Phi) is 5.79. The molecule has 1 aliphatic rings. The highest BCUT2D eigenvalue weighted by Crippen LogP contribution is 2.24. The molecule has 0 aliphatic heterocycles. The molecule has 1 aliphatic carbocycles. The third-order valence-corrected chi connectivity index (χ3v) is 3.66. The molecule has 5 heteroatoms. The quantitative estimate of drug-likeness (QED) is 0.779. The van der Waals surface area contributed by atoms with E-state index >= 15 is 0 Å². The first kappa shape index (κ1) is 16.0. The Hall–Kier alpha value is -1.10. The van der Waals surface area contributed by atoms with E-state index in [2.05, 4.69) is 5.32 Å². The summed E-state index contributed by atoms with van der Waals surface area (Å²) in [4.78, 5) is 11.9. The van der Waals surface area contributed by atoms with Crippen molar-refractivity contribution in [1.82, 2.24) is 5.32 Å². The van der Waals surface area contributed by atoms with Crippen molar-refractivity contribution >= 4 is 18.3 Å².